The van der Waals surface area contributed by atoms with E-state index in [0.29, 0.717) is 10.8 Å². The molecule has 0 radical (unpaired) electrons. The molecule has 4 nitrogen and oxygen atoms in total. The third-order valence-corrected chi connectivity index (χ3v) is 4.28. The summed E-state index contributed by atoms with van der Waals surface area (Å²) in [6.45, 7) is 5.96. The number of hydrogen-bond acceptors (Lipinski definition) is 4. The second-order valence-corrected chi connectivity index (χ2v) is 5.80. The SMILES string of the molecule is CC(C)c1nc(C2CCCNC2)sc1C(=O)O. The second-order valence-electron chi connectivity index (χ2n) is 4.77. The molecule has 1 aliphatic rings. The van der Waals surface area contributed by atoms with E-state index in [-0.39, 0.29) is 5.92 Å². The summed E-state index contributed by atoms with van der Waals surface area (Å²) in [5.41, 5.74) is 0.739. The van der Waals surface area contributed by atoms with Crippen LogP contribution in [-0.2, 0) is 0 Å². The van der Waals surface area contributed by atoms with Crippen molar-refractivity contribution in [1.29, 1.82) is 0 Å². The molecule has 1 fully saturated rings. The standard InChI is InChI=1S/C12H18N2O2S/c1-7(2)9-10(12(15)16)17-11(14-9)8-4-3-5-13-6-8/h7-8,13H,3-6H2,1-2H3,(H,15,16). The maximum absolute atomic E-state index is 11.2. The summed E-state index contributed by atoms with van der Waals surface area (Å²) in [4.78, 5) is 16.1. The first-order valence-electron chi connectivity index (χ1n) is 6.04. The molecular weight excluding hydrogens is 236 g/mol. The molecule has 2 rings (SSSR count). The molecule has 1 aromatic rings. The van der Waals surface area contributed by atoms with Crippen molar-refractivity contribution in [2.75, 3.05) is 13.1 Å². The lowest BCUT2D eigenvalue weighted by atomic mass is 10.0. The predicted molar refractivity (Wildman–Crippen MR) is 68.0 cm³/mol. The molecule has 1 saturated heterocycles. The second kappa shape index (κ2) is 5.14. The van der Waals surface area contributed by atoms with E-state index >= 15 is 0 Å². The summed E-state index contributed by atoms with van der Waals surface area (Å²) < 4.78 is 0. The van der Waals surface area contributed by atoms with Gasteiger partial charge in [0.05, 0.1) is 10.7 Å². The molecule has 17 heavy (non-hydrogen) atoms. The van der Waals surface area contributed by atoms with Crippen molar-refractivity contribution in [2.45, 2.75) is 38.5 Å². The van der Waals surface area contributed by atoms with Crippen molar-refractivity contribution >= 4 is 17.3 Å². The van der Waals surface area contributed by atoms with Gasteiger partial charge in [0, 0.05) is 12.5 Å². The number of carboxylic acid groups (broad SMARTS) is 1. The highest BCUT2D eigenvalue weighted by molar-refractivity contribution is 7.13. The molecule has 0 bridgehead atoms. The van der Waals surface area contributed by atoms with Gasteiger partial charge in [-0.15, -0.1) is 11.3 Å². The quantitative estimate of drug-likeness (QED) is 0.869. The number of piperidine rings is 1. The van der Waals surface area contributed by atoms with Crippen LogP contribution in [0.25, 0.3) is 0 Å². The summed E-state index contributed by atoms with van der Waals surface area (Å²) in [6.07, 6.45) is 2.25. The molecule has 1 aliphatic heterocycles. The van der Waals surface area contributed by atoms with Crippen LogP contribution < -0.4 is 5.32 Å². The molecule has 1 atom stereocenters. The molecule has 0 spiro atoms. The molecule has 2 heterocycles. The van der Waals surface area contributed by atoms with Gasteiger partial charge in [-0.3, -0.25) is 0 Å². The predicted octanol–water partition coefficient (Wildman–Crippen LogP) is 2.43. The van der Waals surface area contributed by atoms with Crippen molar-refractivity contribution in [3.8, 4) is 0 Å². The first kappa shape index (κ1) is 12.5. The Kier molecular flexibility index (Phi) is 3.79. The van der Waals surface area contributed by atoms with Crippen LogP contribution in [0.2, 0.25) is 0 Å². The number of aromatic carboxylic acids is 1. The van der Waals surface area contributed by atoms with Gasteiger partial charge in [0.2, 0.25) is 0 Å². The Morgan fingerprint density at radius 3 is 2.82 bits per heavy atom. The molecule has 0 amide bonds. The fourth-order valence-corrected chi connectivity index (χ4v) is 3.33. The van der Waals surface area contributed by atoms with Crippen LogP contribution in [-0.4, -0.2) is 29.1 Å². The maximum atomic E-state index is 11.2. The van der Waals surface area contributed by atoms with E-state index in [1.807, 2.05) is 13.8 Å². The molecule has 0 aromatic carbocycles. The summed E-state index contributed by atoms with van der Waals surface area (Å²) in [7, 11) is 0. The highest BCUT2D eigenvalue weighted by atomic mass is 32.1. The van der Waals surface area contributed by atoms with Gasteiger partial charge in [0.25, 0.3) is 0 Å². The number of hydrogen-bond donors (Lipinski definition) is 2. The van der Waals surface area contributed by atoms with Gasteiger partial charge in [0.15, 0.2) is 0 Å². The minimum Gasteiger partial charge on any atom is -0.477 e. The lowest BCUT2D eigenvalue weighted by Gasteiger charge is -2.20. The Hall–Kier alpha value is -0.940. The lowest BCUT2D eigenvalue weighted by Crippen LogP contribution is -2.28. The zero-order chi connectivity index (χ0) is 12.4. The minimum absolute atomic E-state index is 0.169. The highest BCUT2D eigenvalue weighted by Gasteiger charge is 2.24. The van der Waals surface area contributed by atoms with Crippen LogP contribution in [0.3, 0.4) is 0 Å². The van der Waals surface area contributed by atoms with Gasteiger partial charge in [-0.1, -0.05) is 13.8 Å². The fraction of sp³-hybridized carbons (Fsp3) is 0.667. The molecule has 1 aromatic heterocycles. The van der Waals surface area contributed by atoms with Crippen LogP contribution in [0.15, 0.2) is 0 Å². The molecule has 0 saturated carbocycles. The van der Waals surface area contributed by atoms with Crippen LogP contribution in [0, 0.1) is 0 Å². The number of rotatable bonds is 3. The van der Waals surface area contributed by atoms with E-state index in [2.05, 4.69) is 10.3 Å². The Morgan fingerprint density at radius 1 is 1.59 bits per heavy atom. The summed E-state index contributed by atoms with van der Waals surface area (Å²) >= 11 is 1.35. The number of aromatic nitrogens is 1. The summed E-state index contributed by atoms with van der Waals surface area (Å²) in [5.74, 6) is -0.289. The summed E-state index contributed by atoms with van der Waals surface area (Å²) in [6, 6.07) is 0. The van der Waals surface area contributed by atoms with Gasteiger partial charge in [0.1, 0.15) is 4.88 Å². The molecular formula is C12H18N2O2S. The van der Waals surface area contributed by atoms with E-state index < -0.39 is 5.97 Å². The normalized spacial score (nSPS) is 20.8. The Labute approximate surface area is 105 Å². The van der Waals surface area contributed by atoms with Crippen LogP contribution in [0.5, 0.6) is 0 Å². The largest absolute Gasteiger partial charge is 0.477 e. The number of carbonyl (C=O) groups is 1. The Balaban J connectivity index is 2.29. The number of nitrogens with one attached hydrogen (secondary N) is 1. The zero-order valence-corrected chi connectivity index (χ0v) is 11.0. The van der Waals surface area contributed by atoms with E-state index in [4.69, 9.17) is 0 Å². The van der Waals surface area contributed by atoms with Gasteiger partial charge in [-0.25, -0.2) is 9.78 Å². The zero-order valence-electron chi connectivity index (χ0n) is 10.2. The Bertz CT molecular complexity index is 409. The van der Waals surface area contributed by atoms with Gasteiger partial charge in [-0.2, -0.15) is 0 Å². The van der Waals surface area contributed by atoms with Gasteiger partial charge in [-0.05, 0) is 25.3 Å². The average Bonchev–Trinajstić information content (AvgIpc) is 2.75. The molecule has 5 heteroatoms. The molecule has 1 unspecified atom stereocenters. The monoisotopic (exact) mass is 254 g/mol. The van der Waals surface area contributed by atoms with Crippen molar-refractivity contribution in [1.82, 2.24) is 10.3 Å². The van der Waals surface area contributed by atoms with Crippen molar-refractivity contribution < 1.29 is 9.90 Å². The fourth-order valence-electron chi connectivity index (χ4n) is 2.13. The van der Waals surface area contributed by atoms with Crippen LogP contribution in [0.1, 0.15) is 58.9 Å². The van der Waals surface area contributed by atoms with Crippen LogP contribution >= 0.6 is 11.3 Å². The first-order valence-corrected chi connectivity index (χ1v) is 6.86. The third kappa shape index (κ3) is 2.66. The van der Waals surface area contributed by atoms with Gasteiger partial charge >= 0.3 is 5.97 Å². The number of thiazole rings is 1. The molecule has 2 N–H and O–H groups in total. The molecule has 0 aliphatic carbocycles. The lowest BCUT2D eigenvalue weighted by molar-refractivity contribution is 0.0700. The highest BCUT2D eigenvalue weighted by Crippen LogP contribution is 2.32. The van der Waals surface area contributed by atoms with E-state index in [0.717, 1.165) is 36.6 Å². The minimum atomic E-state index is -0.846. The van der Waals surface area contributed by atoms with E-state index in [9.17, 15) is 9.90 Å². The van der Waals surface area contributed by atoms with E-state index in [1.165, 1.54) is 11.3 Å². The summed E-state index contributed by atoms with van der Waals surface area (Å²) in [5, 5.41) is 13.5. The topological polar surface area (TPSA) is 62.2 Å². The third-order valence-electron chi connectivity index (χ3n) is 3.06. The van der Waals surface area contributed by atoms with E-state index in [1.54, 1.807) is 0 Å². The first-order chi connectivity index (χ1) is 8.09. The Morgan fingerprint density at radius 2 is 2.35 bits per heavy atom. The number of carboxylic acids is 1. The maximum Gasteiger partial charge on any atom is 0.347 e. The van der Waals surface area contributed by atoms with Crippen molar-refractivity contribution in [2.24, 2.45) is 0 Å². The average molecular weight is 254 g/mol. The molecule has 94 valence electrons. The smallest absolute Gasteiger partial charge is 0.347 e. The van der Waals surface area contributed by atoms with Crippen LogP contribution in [0.4, 0.5) is 0 Å². The van der Waals surface area contributed by atoms with Gasteiger partial charge < -0.3 is 10.4 Å². The number of nitrogens with zero attached hydrogens (tertiary/aromatic N) is 1. The van der Waals surface area contributed by atoms with Crippen molar-refractivity contribution in [3.05, 3.63) is 15.6 Å². The van der Waals surface area contributed by atoms with Crippen molar-refractivity contribution in [3.63, 3.8) is 0 Å².